The predicted octanol–water partition coefficient (Wildman–Crippen LogP) is 2.71. The van der Waals surface area contributed by atoms with Gasteiger partial charge in [-0.2, -0.15) is 0 Å². The molecule has 0 amide bonds. The molecule has 18 heavy (non-hydrogen) atoms. The molecular weight excluding hydrogens is 242 g/mol. The zero-order valence-corrected chi connectivity index (χ0v) is 11.8. The van der Waals surface area contributed by atoms with Crippen LogP contribution in [-0.4, -0.2) is 29.7 Å². The number of hydrogen-bond donors (Lipinski definition) is 1. The normalized spacial score (nSPS) is 20.4. The van der Waals surface area contributed by atoms with E-state index < -0.39 is 0 Å². The summed E-state index contributed by atoms with van der Waals surface area (Å²) in [7, 11) is 0. The molecule has 1 saturated heterocycles. The lowest BCUT2D eigenvalue weighted by molar-refractivity contribution is 0.178. The topological polar surface area (TPSA) is 23.5 Å². The summed E-state index contributed by atoms with van der Waals surface area (Å²) >= 11 is 1.78. The molecule has 98 valence electrons. The Morgan fingerprint density at radius 3 is 3.17 bits per heavy atom. The second-order valence-corrected chi connectivity index (χ2v) is 6.19. The van der Waals surface area contributed by atoms with Gasteiger partial charge in [0.1, 0.15) is 0 Å². The first-order valence-electron chi connectivity index (χ1n) is 6.68. The van der Waals surface area contributed by atoms with Gasteiger partial charge in [0.25, 0.3) is 0 Å². The molecular formula is C15H21NOS. The van der Waals surface area contributed by atoms with Crippen molar-refractivity contribution in [3.05, 3.63) is 21.9 Å². The summed E-state index contributed by atoms with van der Waals surface area (Å²) < 4.78 is 0. The van der Waals surface area contributed by atoms with Crippen molar-refractivity contribution >= 4 is 11.3 Å². The standard InChI is InChI=1S/C15H21NOS/c1-13-5-4-9-16(11-13)12-15-8-7-14(18-15)6-2-3-10-17/h7-8,13,17H,3-5,9-12H2,1H3. The Morgan fingerprint density at radius 2 is 2.39 bits per heavy atom. The Balaban J connectivity index is 1.88. The third kappa shape index (κ3) is 4.13. The molecule has 0 spiro atoms. The molecule has 3 heteroatoms. The van der Waals surface area contributed by atoms with Gasteiger partial charge in [-0.1, -0.05) is 18.8 Å². The van der Waals surface area contributed by atoms with Gasteiger partial charge in [0.2, 0.25) is 0 Å². The van der Waals surface area contributed by atoms with Crippen LogP contribution >= 0.6 is 11.3 Å². The minimum atomic E-state index is 0.150. The molecule has 0 aliphatic carbocycles. The molecule has 1 aromatic rings. The summed E-state index contributed by atoms with van der Waals surface area (Å²) in [6.45, 7) is 6.01. The van der Waals surface area contributed by atoms with E-state index in [1.54, 1.807) is 11.3 Å². The summed E-state index contributed by atoms with van der Waals surface area (Å²) in [6.07, 6.45) is 3.27. The largest absolute Gasteiger partial charge is 0.395 e. The van der Waals surface area contributed by atoms with Crippen LogP contribution < -0.4 is 0 Å². The molecule has 2 rings (SSSR count). The Hall–Kier alpha value is -0.820. The molecule has 0 saturated carbocycles. The fourth-order valence-corrected chi connectivity index (χ4v) is 3.31. The average Bonchev–Trinajstić information content (AvgIpc) is 2.77. The minimum absolute atomic E-state index is 0.150. The summed E-state index contributed by atoms with van der Waals surface area (Å²) in [5, 5.41) is 8.68. The van der Waals surface area contributed by atoms with Crippen LogP contribution in [-0.2, 0) is 6.54 Å². The SMILES string of the molecule is CC1CCCN(Cc2ccc(C#CCCO)s2)C1. The van der Waals surface area contributed by atoms with Crippen molar-refractivity contribution in [2.24, 2.45) is 5.92 Å². The number of piperidine rings is 1. The molecule has 1 atom stereocenters. The number of nitrogens with zero attached hydrogens (tertiary/aromatic N) is 1. The van der Waals surface area contributed by atoms with E-state index in [4.69, 9.17) is 5.11 Å². The summed E-state index contributed by atoms with van der Waals surface area (Å²) in [4.78, 5) is 5.06. The van der Waals surface area contributed by atoms with Crippen molar-refractivity contribution in [1.82, 2.24) is 4.90 Å². The number of aliphatic hydroxyl groups is 1. The summed E-state index contributed by atoms with van der Waals surface area (Å²) in [5.41, 5.74) is 0. The first-order chi connectivity index (χ1) is 8.78. The van der Waals surface area contributed by atoms with Gasteiger partial charge in [0.15, 0.2) is 0 Å². The van der Waals surface area contributed by atoms with Gasteiger partial charge in [-0.05, 0) is 37.4 Å². The molecule has 1 aliphatic rings. The lowest BCUT2D eigenvalue weighted by Gasteiger charge is -2.30. The Kier molecular flexibility index (Phi) is 5.25. The van der Waals surface area contributed by atoms with Crippen LogP contribution in [0.25, 0.3) is 0 Å². The quantitative estimate of drug-likeness (QED) is 0.848. The number of thiophene rings is 1. The van der Waals surface area contributed by atoms with Crippen molar-refractivity contribution in [1.29, 1.82) is 0 Å². The monoisotopic (exact) mass is 263 g/mol. The Bertz CT molecular complexity index is 429. The zero-order valence-electron chi connectivity index (χ0n) is 11.0. The van der Waals surface area contributed by atoms with Gasteiger partial charge in [-0.3, -0.25) is 4.90 Å². The highest BCUT2D eigenvalue weighted by Gasteiger charge is 2.16. The second-order valence-electron chi connectivity index (χ2n) is 5.02. The van der Waals surface area contributed by atoms with Crippen LogP contribution in [0.4, 0.5) is 0 Å². The lowest BCUT2D eigenvalue weighted by atomic mass is 10.0. The second kappa shape index (κ2) is 6.94. The summed E-state index contributed by atoms with van der Waals surface area (Å²) in [5.74, 6) is 6.91. The van der Waals surface area contributed by atoms with Gasteiger partial charge in [-0.25, -0.2) is 0 Å². The van der Waals surface area contributed by atoms with E-state index in [2.05, 4.69) is 35.8 Å². The maximum absolute atomic E-state index is 8.68. The van der Waals surface area contributed by atoms with Crippen LogP contribution in [0, 0.1) is 17.8 Å². The third-order valence-corrected chi connectivity index (χ3v) is 4.22. The van der Waals surface area contributed by atoms with Crippen LogP contribution in [0.2, 0.25) is 0 Å². The highest BCUT2D eigenvalue weighted by molar-refractivity contribution is 7.12. The molecule has 0 bridgehead atoms. The van der Waals surface area contributed by atoms with E-state index in [1.165, 1.54) is 30.8 Å². The number of aliphatic hydroxyl groups excluding tert-OH is 1. The van der Waals surface area contributed by atoms with Crippen LogP contribution in [0.3, 0.4) is 0 Å². The van der Waals surface area contributed by atoms with Crippen LogP contribution in [0.15, 0.2) is 12.1 Å². The van der Waals surface area contributed by atoms with Gasteiger partial charge in [0.05, 0.1) is 11.5 Å². The fraction of sp³-hybridized carbons (Fsp3) is 0.600. The highest BCUT2D eigenvalue weighted by Crippen LogP contribution is 2.21. The number of hydrogen-bond acceptors (Lipinski definition) is 3. The molecule has 1 aliphatic heterocycles. The average molecular weight is 263 g/mol. The van der Waals surface area contributed by atoms with E-state index >= 15 is 0 Å². The fourth-order valence-electron chi connectivity index (χ4n) is 2.39. The van der Waals surface area contributed by atoms with Gasteiger partial charge >= 0.3 is 0 Å². The maximum atomic E-state index is 8.68. The van der Waals surface area contributed by atoms with E-state index in [1.807, 2.05) is 0 Å². The lowest BCUT2D eigenvalue weighted by Crippen LogP contribution is -2.33. The van der Waals surface area contributed by atoms with E-state index in [9.17, 15) is 0 Å². The van der Waals surface area contributed by atoms with Gasteiger partial charge < -0.3 is 5.11 Å². The number of rotatable bonds is 3. The molecule has 1 fully saturated rings. The first kappa shape index (κ1) is 13.6. The molecule has 0 radical (unpaired) electrons. The van der Waals surface area contributed by atoms with Crippen molar-refractivity contribution in [3.63, 3.8) is 0 Å². The molecule has 2 nitrogen and oxygen atoms in total. The smallest absolute Gasteiger partial charge is 0.0771 e. The highest BCUT2D eigenvalue weighted by atomic mass is 32.1. The molecule has 1 N–H and O–H groups in total. The molecule has 0 aromatic carbocycles. The summed E-state index contributed by atoms with van der Waals surface area (Å²) in [6, 6.07) is 4.28. The zero-order chi connectivity index (χ0) is 12.8. The minimum Gasteiger partial charge on any atom is -0.395 e. The van der Waals surface area contributed by atoms with E-state index in [0.717, 1.165) is 17.3 Å². The first-order valence-corrected chi connectivity index (χ1v) is 7.50. The van der Waals surface area contributed by atoms with Gasteiger partial charge in [-0.15, -0.1) is 11.3 Å². The van der Waals surface area contributed by atoms with Crippen molar-refractivity contribution in [3.8, 4) is 11.8 Å². The van der Waals surface area contributed by atoms with Crippen molar-refractivity contribution in [2.45, 2.75) is 32.7 Å². The van der Waals surface area contributed by atoms with Crippen molar-refractivity contribution < 1.29 is 5.11 Å². The van der Waals surface area contributed by atoms with Crippen LogP contribution in [0.5, 0.6) is 0 Å². The van der Waals surface area contributed by atoms with E-state index in [0.29, 0.717) is 6.42 Å². The third-order valence-electron chi connectivity index (χ3n) is 3.23. The Labute approximate surface area is 114 Å². The van der Waals surface area contributed by atoms with Crippen molar-refractivity contribution in [2.75, 3.05) is 19.7 Å². The maximum Gasteiger partial charge on any atom is 0.0771 e. The molecule has 1 aromatic heterocycles. The predicted molar refractivity (Wildman–Crippen MR) is 76.6 cm³/mol. The Morgan fingerprint density at radius 1 is 1.50 bits per heavy atom. The number of likely N-dealkylation sites (tertiary alicyclic amines) is 1. The molecule has 1 unspecified atom stereocenters. The molecule has 2 heterocycles. The van der Waals surface area contributed by atoms with Crippen LogP contribution in [0.1, 0.15) is 35.9 Å². The van der Waals surface area contributed by atoms with Gasteiger partial charge in [0, 0.05) is 24.4 Å². The van der Waals surface area contributed by atoms with E-state index in [-0.39, 0.29) is 6.61 Å².